The van der Waals surface area contributed by atoms with Crippen LogP contribution in [0.4, 0.5) is 0 Å². The van der Waals surface area contributed by atoms with Crippen LogP contribution in [0, 0.1) is 19.0 Å². The summed E-state index contributed by atoms with van der Waals surface area (Å²) in [5, 5.41) is 3.09. The van der Waals surface area contributed by atoms with Gasteiger partial charge in [0.05, 0.1) is 8.07 Å². The van der Waals surface area contributed by atoms with Crippen LogP contribution in [0.25, 0.3) is 42.7 Å². The number of pyridine rings is 2. The van der Waals surface area contributed by atoms with Gasteiger partial charge in [0.25, 0.3) is 0 Å². The Labute approximate surface area is 296 Å². The average Bonchev–Trinajstić information content (AvgIpc) is 3.48. The molecular weight excluding hydrogens is 773 g/mol. The molecule has 0 amide bonds. The third-order valence-electron chi connectivity index (χ3n) is 8.30. The number of fused-ring (bicyclic) bond motifs is 3. The first kappa shape index (κ1) is 29.7. The van der Waals surface area contributed by atoms with Gasteiger partial charge in [-0.05, 0) is 49.9 Å². The molecule has 0 aliphatic heterocycles. The molecule has 0 saturated heterocycles. The van der Waals surface area contributed by atoms with Gasteiger partial charge in [-0.1, -0.05) is 112 Å². The Balaban J connectivity index is 0.000000193. The minimum Gasteiger partial charge on any atom is -0.305 e. The van der Waals surface area contributed by atoms with Gasteiger partial charge in [0.2, 0.25) is 0 Å². The van der Waals surface area contributed by atoms with E-state index in [0.29, 0.717) is 5.56 Å². The summed E-state index contributed by atoms with van der Waals surface area (Å²) < 4.78 is 25.9. The Morgan fingerprint density at radius 1 is 0.783 bits per heavy atom. The number of rotatable bonds is 5. The van der Waals surface area contributed by atoms with Crippen LogP contribution in [0.15, 0.2) is 122 Å². The van der Waals surface area contributed by atoms with E-state index in [-0.39, 0.29) is 25.5 Å². The first-order valence-electron chi connectivity index (χ1n) is 16.7. The molecule has 0 fully saturated rings. The van der Waals surface area contributed by atoms with E-state index in [1.165, 1.54) is 16.3 Å². The Morgan fingerprint density at radius 2 is 1.54 bits per heavy atom. The maximum atomic E-state index is 7.95. The summed E-state index contributed by atoms with van der Waals surface area (Å²) in [5.41, 5.74) is 6.59. The SMILES string of the molecule is CC(C)(c1ccccc1)c1ccnc(-c2[c-]cccc2)c1.[2H]C([2H])([2H])c1c[c-]c(-c2ccc([Si](C)(C)C)cn2)c2sc3ccccc3c12.[Ir]. The van der Waals surface area contributed by atoms with Gasteiger partial charge in [-0.15, -0.1) is 59.2 Å². The third-order valence-corrected chi connectivity index (χ3v) is 11.5. The molecule has 5 heteroatoms. The second-order valence-electron chi connectivity index (χ2n) is 12.8. The van der Waals surface area contributed by atoms with E-state index >= 15 is 0 Å². The molecule has 1 radical (unpaired) electrons. The summed E-state index contributed by atoms with van der Waals surface area (Å²) in [7, 11) is -1.42. The Morgan fingerprint density at radius 3 is 2.24 bits per heavy atom. The summed E-state index contributed by atoms with van der Waals surface area (Å²) in [6.07, 6.45) is 3.85. The molecule has 4 aromatic carbocycles. The van der Waals surface area contributed by atoms with E-state index in [1.807, 2.05) is 67.0 Å². The van der Waals surface area contributed by atoms with Crippen LogP contribution in [-0.2, 0) is 25.5 Å². The monoisotopic (exact) mass is 814 g/mol. The molecule has 2 nitrogen and oxygen atoms in total. The number of benzene rings is 4. The fraction of sp³-hybridized carbons (Fsp3) is 0.171. The first-order chi connectivity index (χ1) is 22.8. The predicted molar refractivity (Wildman–Crippen MR) is 196 cm³/mol. The number of hydrogen-bond donors (Lipinski definition) is 0. The molecule has 0 unspecified atom stereocenters. The van der Waals surface area contributed by atoms with Crippen LogP contribution >= 0.6 is 11.3 Å². The summed E-state index contributed by atoms with van der Waals surface area (Å²) in [5.74, 6) is 0. The van der Waals surface area contributed by atoms with E-state index in [2.05, 4.69) is 99.1 Å². The van der Waals surface area contributed by atoms with E-state index in [0.717, 1.165) is 42.7 Å². The van der Waals surface area contributed by atoms with Gasteiger partial charge < -0.3 is 9.97 Å². The zero-order valence-corrected chi connectivity index (χ0v) is 30.9. The fourth-order valence-corrected chi connectivity index (χ4v) is 7.76. The molecule has 3 heterocycles. The number of nitrogens with zero attached hydrogens (tertiary/aromatic N) is 2. The minimum atomic E-state index is -2.17. The standard InChI is InChI=1S/C21H20NSSi.C20H18N.Ir/c1-14-9-11-16(18-12-10-15(13-22-18)24(2,3)4)21-20(14)17-7-5-6-8-19(17)23-21;1-20(2,17-11-7-4-8-12-17)18-13-14-21-19(15-18)16-9-5-3-6-10-16;/h5-10,12-13H,1-4H3;3-9,11-15H,1-2H3;/q2*-1;/i1D3;;. The van der Waals surface area contributed by atoms with Crippen molar-refractivity contribution in [3.05, 3.63) is 150 Å². The van der Waals surface area contributed by atoms with Gasteiger partial charge in [-0.2, -0.15) is 11.3 Å². The molecule has 0 aliphatic carbocycles. The van der Waals surface area contributed by atoms with Gasteiger partial charge in [-0.25, -0.2) is 0 Å². The number of hydrogen-bond acceptors (Lipinski definition) is 3. The van der Waals surface area contributed by atoms with Crippen molar-refractivity contribution in [2.24, 2.45) is 0 Å². The molecule has 0 N–H and O–H groups in total. The van der Waals surface area contributed by atoms with Crippen LogP contribution in [0.3, 0.4) is 0 Å². The van der Waals surface area contributed by atoms with Crippen molar-refractivity contribution >= 4 is 44.8 Å². The molecule has 0 bridgehead atoms. The van der Waals surface area contributed by atoms with Crippen LogP contribution < -0.4 is 5.19 Å². The van der Waals surface area contributed by atoms with Crippen molar-refractivity contribution in [1.29, 1.82) is 0 Å². The Hall–Kier alpha value is -3.73. The summed E-state index contributed by atoms with van der Waals surface area (Å²) in [6.45, 7) is 9.21. The molecule has 0 spiro atoms. The largest absolute Gasteiger partial charge is 0.305 e. The summed E-state index contributed by atoms with van der Waals surface area (Å²) >= 11 is 1.61. The molecule has 3 aromatic heterocycles. The molecule has 0 saturated carbocycles. The third kappa shape index (κ3) is 6.99. The number of aryl methyl sites for hydroxylation is 1. The normalized spacial score (nSPS) is 12.8. The van der Waals surface area contributed by atoms with Crippen LogP contribution in [-0.4, -0.2) is 18.0 Å². The van der Waals surface area contributed by atoms with Crippen molar-refractivity contribution in [3.8, 4) is 22.5 Å². The summed E-state index contributed by atoms with van der Waals surface area (Å²) in [4.78, 5) is 9.18. The van der Waals surface area contributed by atoms with Crippen LogP contribution in [0.5, 0.6) is 0 Å². The topological polar surface area (TPSA) is 25.8 Å². The van der Waals surface area contributed by atoms with E-state index in [9.17, 15) is 0 Å². The zero-order chi connectivity index (χ0) is 34.1. The fourth-order valence-electron chi connectivity index (χ4n) is 5.49. The van der Waals surface area contributed by atoms with Gasteiger partial charge in [0.1, 0.15) is 0 Å². The second kappa shape index (κ2) is 13.9. The molecule has 233 valence electrons. The van der Waals surface area contributed by atoms with Crippen molar-refractivity contribution in [3.63, 3.8) is 0 Å². The number of aromatic nitrogens is 2. The molecule has 46 heavy (non-hydrogen) atoms. The van der Waals surface area contributed by atoms with Crippen molar-refractivity contribution in [2.75, 3.05) is 0 Å². The first-order valence-corrected chi connectivity index (χ1v) is 19.5. The maximum absolute atomic E-state index is 7.95. The van der Waals surface area contributed by atoms with Crippen molar-refractivity contribution in [1.82, 2.24) is 9.97 Å². The Kier molecular flexibility index (Phi) is 8.99. The van der Waals surface area contributed by atoms with Gasteiger partial charge in [-0.3, -0.25) is 0 Å². The molecule has 7 aromatic rings. The van der Waals surface area contributed by atoms with Crippen molar-refractivity contribution in [2.45, 2.75) is 45.8 Å². The summed E-state index contributed by atoms with van der Waals surface area (Å²) in [6, 6.07) is 43.0. The quantitative estimate of drug-likeness (QED) is 0.128. The van der Waals surface area contributed by atoms with Crippen LogP contribution in [0.2, 0.25) is 19.6 Å². The molecule has 0 aliphatic rings. The maximum Gasteiger partial charge on any atom is 0.0795 e. The smallest absolute Gasteiger partial charge is 0.0795 e. The van der Waals surface area contributed by atoms with E-state index in [4.69, 9.17) is 9.10 Å². The predicted octanol–water partition coefficient (Wildman–Crippen LogP) is 10.6. The van der Waals surface area contributed by atoms with Crippen LogP contribution in [0.1, 0.15) is 34.7 Å². The van der Waals surface area contributed by atoms with Gasteiger partial charge in [0.15, 0.2) is 0 Å². The zero-order valence-electron chi connectivity index (χ0n) is 29.7. The van der Waals surface area contributed by atoms with E-state index < -0.39 is 14.9 Å². The number of thiophene rings is 1. The Bertz CT molecular complexity index is 2170. The minimum absolute atomic E-state index is 0. The van der Waals surface area contributed by atoms with E-state index in [1.54, 1.807) is 17.4 Å². The molecule has 7 rings (SSSR count). The second-order valence-corrected chi connectivity index (χ2v) is 18.9. The molecule has 0 atom stereocenters. The average molecular weight is 814 g/mol. The van der Waals surface area contributed by atoms with Gasteiger partial charge in [0, 0.05) is 46.7 Å². The van der Waals surface area contributed by atoms with Gasteiger partial charge >= 0.3 is 0 Å². The molecular formula is C41H38IrN2SSi-2. The van der Waals surface area contributed by atoms with Crippen molar-refractivity contribution < 1.29 is 24.2 Å².